The Labute approximate surface area is 171 Å². The number of ether oxygens (including phenoxy) is 1. The van der Waals surface area contributed by atoms with Gasteiger partial charge in [0.2, 0.25) is 5.91 Å². The average molecular weight is 419 g/mol. The molecule has 0 radical (unpaired) electrons. The van der Waals surface area contributed by atoms with Gasteiger partial charge in [0.1, 0.15) is 16.6 Å². The molecule has 0 aliphatic carbocycles. The van der Waals surface area contributed by atoms with E-state index in [2.05, 4.69) is 5.32 Å². The topological polar surface area (TPSA) is 58.6 Å². The third kappa shape index (κ3) is 4.68. The molecule has 0 unspecified atom stereocenters. The summed E-state index contributed by atoms with van der Waals surface area (Å²) in [5, 5.41) is 3.11. The molecule has 8 heteroatoms. The number of carbonyl (C=O) groups excluding carboxylic acids is 2. The van der Waals surface area contributed by atoms with E-state index in [1.54, 1.807) is 37.5 Å². The zero-order valence-corrected chi connectivity index (χ0v) is 16.7. The van der Waals surface area contributed by atoms with Crippen LogP contribution < -0.4 is 10.1 Å². The summed E-state index contributed by atoms with van der Waals surface area (Å²) in [6, 6.07) is 14.2. The lowest BCUT2D eigenvalue weighted by Crippen LogP contribution is -2.36. The second-order valence-corrected chi connectivity index (χ2v) is 7.65. The number of amides is 2. The fourth-order valence-electron chi connectivity index (χ4n) is 2.38. The maximum atomic E-state index is 12.6. The molecule has 1 heterocycles. The maximum Gasteiger partial charge on any atom is 0.266 e. The number of anilines is 1. The number of thioether (sulfide) groups is 1. The van der Waals surface area contributed by atoms with Crippen LogP contribution in [-0.4, -0.2) is 34.7 Å². The van der Waals surface area contributed by atoms with Crippen molar-refractivity contribution in [3.63, 3.8) is 0 Å². The highest BCUT2D eigenvalue weighted by Gasteiger charge is 2.33. The van der Waals surface area contributed by atoms with Gasteiger partial charge in [-0.15, -0.1) is 0 Å². The molecule has 5 nitrogen and oxygen atoms in total. The summed E-state index contributed by atoms with van der Waals surface area (Å²) in [7, 11) is 1.59. The molecule has 3 rings (SSSR count). The number of nitrogens with one attached hydrogen (secondary N) is 1. The quantitative estimate of drug-likeness (QED) is 0.582. The maximum absolute atomic E-state index is 12.6. The molecular weight excluding hydrogens is 404 g/mol. The SMILES string of the molecule is COc1ccc(/C=C2/SC(=S)N(CC(=O)Nc3ccccc3Cl)C2=O)cc1. The Hall–Kier alpha value is -2.35. The summed E-state index contributed by atoms with van der Waals surface area (Å²) in [4.78, 5) is 26.6. The number of rotatable bonds is 5. The number of para-hydroxylation sites is 1. The summed E-state index contributed by atoms with van der Waals surface area (Å²) in [5.41, 5.74) is 1.33. The van der Waals surface area contributed by atoms with Crippen molar-refractivity contribution in [3.05, 3.63) is 64.0 Å². The molecule has 0 atom stereocenters. The van der Waals surface area contributed by atoms with Crippen molar-refractivity contribution in [1.82, 2.24) is 4.90 Å². The van der Waals surface area contributed by atoms with E-state index in [4.69, 9.17) is 28.6 Å². The Kier molecular flexibility index (Phi) is 6.15. The van der Waals surface area contributed by atoms with Crippen LogP contribution in [0.3, 0.4) is 0 Å². The highest BCUT2D eigenvalue weighted by atomic mass is 35.5. The van der Waals surface area contributed by atoms with Gasteiger partial charge in [0.25, 0.3) is 5.91 Å². The third-order valence-corrected chi connectivity index (χ3v) is 5.44. The van der Waals surface area contributed by atoms with E-state index in [-0.39, 0.29) is 18.4 Å². The van der Waals surface area contributed by atoms with Gasteiger partial charge in [-0.2, -0.15) is 0 Å². The van der Waals surface area contributed by atoms with E-state index < -0.39 is 0 Å². The van der Waals surface area contributed by atoms with E-state index >= 15 is 0 Å². The third-order valence-electron chi connectivity index (χ3n) is 3.74. The lowest BCUT2D eigenvalue weighted by molar-refractivity contribution is -0.126. The number of carbonyl (C=O) groups is 2. The van der Waals surface area contributed by atoms with E-state index in [1.807, 2.05) is 24.3 Å². The number of methoxy groups -OCH3 is 1. The second-order valence-electron chi connectivity index (χ2n) is 5.57. The van der Waals surface area contributed by atoms with Crippen LogP contribution in [0.1, 0.15) is 5.56 Å². The number of hydrogen-bond donors (Lipinski definition) is 1. The molecule has 0 saturated carbocycles. The van der Waals surface area contributed by atoms with Crippen LogP contribution in [0.15, 0.2) is 53.4 Å². The Balaban J connectivity index is 1.69. The minimum absolute atomic E-state index is 0.171. The monoisotopic (exact) mass is 418 g/mol. The Morgan fingerprint density at radius 1 is 1.26 bits per heavy atom. The van der Waals surface area contributed by atoms with Crippen molar-refractivity contribution in [2.24, 2.45) is 0 Å². The lowest BCUT2D eigenvalue weighted by Gasteiger charge is -2.14. The molecule has 2 aromatic rings. The molecule has 0 aromatic heterocycles. The van der Waals surface area contributed by atoms with Crippen LogP contribution >= 0.6 is 35.6 Å². The summed E-state index contributed by atoms with van der Waals surface area (Å²) in [6.07, 6.45) is 1.74. The molecule has 0 bridgehead atoms. The molecular formula is C19H15ClN2O3S2. The lowest BCUT2D eigenvalue weighted by atomic mass is 10.2. The van der Waals surface area contributed by atoms with Crippen molar-refractivity contribution in [3.8, 4) is 5.75 Å². The first-order chi connectivity index (χ1) is 13.0. The number of nitrogens with zero attached hydrogens (tertiary/aromatic N) is 1. The molecule has 1 aliphatic rings. The smallest absolute Gasteiger partial charge is 0.266 e. The van der Waals surface area contributed by atoms with E-state index in [0.717, 1.165) is 11.3 Å². The van der Waals surface area contributed by atoms with Crippen LogP contribution in [0.4, 0.5) is 5.69 Å². The fraction of sp³-hybridized carbons (Fsp3) is 0.105. The number of halogens is 1. The highest BCUT2D eigenvalue weighted by molar-refractivity contribution is 8.26. The van der Waals surface area contributed by atoms with E-state index in [0.29, 0.717) is 19.9 Å². The van der Waals surface area contributed by atoms with Gasteiger partial charge < -0.3 is 10.1 Å². The summed E-state index contributed by atoms with van der Waals surface area (Å²) < 4.78 is 5.46. The van der Waals surface area contributed by atoms with E-state index in [1.165, 1.54) is 16.7 Å². The number of hydrogen-bond acceptors (Lipinski definition) is 5. The molecule has 2 aromatic carbocycles. The molecule has 1 saturated heterocycles. The molecule has 1 aliphatic heterocycles. The first kappa shape index (κ1) is 19.4. The van der Waals surface area contributed by atoms with Gasteiger partial charge in [0, 0.05) is 0 Å². The first-order valence-electron chi connectivity index (χ1n) is 7.92. The minimum atomic E-state index is -0.370. The summed E-state index contributed by atoms with van der Waals surface area (Å²) in [6.45, 7) is -0.171. The number of benzene rings is 2. The number of thiocarbonyl (C=S) groups is 1. The van der Waals surface area contributed by atoms with Gasteiger partial charge in [-0.05, 0) is 35.9 Å². The Morgan fingerprint density at radius 2 is 1.96 bits per heavy atom. The van der Waals surface area contributed by atoms with Crippen molar-refractivity contribution in [2.75, 3.05) is 19.0 Å². The van der Waals surface area contributed by atoms with Gasteiger partial charge in [-0.1, -0.05) is 59.8 Å². The Morgan fingerprint density at radius 3 is 2.63 bits per heavy atom. The fourth-order valence-corrected chi connectivity index (χ4v) is 3.82. The van der Waals surface area contributed by atoms with Crippen LogP contribution in [0.25, 0.3) is 6.08 Å². The van der Waals surface area contributed by atoms with Gasteiger partial charge in [-0.25, -0.2) is 0 Å². The molecule has 2 amide bonds. The normalized spacial score (nSPS) is 15.3. The first-order valence-corrected chi connectivity index (χ1v) is 9.52. The molecule has 1 fully saturated rings. The predicted octanol–water partition coefficient (Wildman–Crippen LogP) is 4.19. The predicted molar refractivity (Wildman–Crippen MR) is 113 cm³/mol. The van der Waals surface area contributed by atoms with Crippen LogP contribution in [-0.2, 0) is 9.59 Å². The largest absolute Gasteiger partial charge is 0.497 e. The summed E-state index contributed by atoms with van der Waals surface area (Å²) >= 11 is 12.5. The Bertz CT molecular complexity index is 929. The molecule has 138 valence electrons. The van der Waals surface area contributed by atoms with Gasteiger partial charge in [0.05, 0.1) is 22.7 Å². The average Bonchev–Trinajstić information content (AvgIpc) is 2.91. The molecule has 1 N–H and O–H groups in total. The van der Waals surface area contributed by atoms with Gasteiger partial charge in [0.15, 0.2) is 0 Å². The zero-order chi connectivity index (χ0) is 19.4. The zero-order valence-electron chi connectivity index (χ0n) is 14.3. The van der Waals surface area contributed by atoms with Gasteiger partial charge >= 0.3 is 0 Å². The highest BCUT2D eigenvalue weighted by Crippen LogP contribution is 2.32. The van der Waals surface area contributed by atoms with Crippen molar-refractivity contribution < 1.29 is 14.3 Å². The van der Waals surface area contributed by atoms with Crippen LogP contribution in [0, 0.1) is 0 Å². The second kappa shape index (κ2) is 8.56. The van der Waals surface area contributed by atoms with Crippen molar-refractivity contribution in [2.45, 2.75) is 0 Å². The molecule has 27 heavy (non-hydrogen) atoms. The molecule has 0 spiro atoms. The van der Waals surface area contributed by atoms with E-state index in [9.17, 15) is 9.59 Å². The summed E-state index contributed by atoms with van der Waals surface area (Å²) in [5.74, 6) is 0.0659. The van der Waals surface area contributed by atoms with Crippen molar-refractivity contribution in [1.29, 1.82) is 0 Å². The standard InChI is InChI=1S/C19H15ClN2O3S2/c1-25-13-8-6-12(7-9-13)10-16-18(24)22(19(26)27-16)11-17(23)21-15-5-3-2-4-14(15)20/h2-10H,11H2,1H3,(H,21,23)/b16-10+. The minimum Gasteiger partial charge on any atom is -0.497 e. The van der Waals surface area contributed by atoms with Crippen molar-refractivity contribution >= 4 is 63.5 Å². The van der Waals surface area contributed by atoms with Gasteiger partial charge in [-0.3, -0.25) is 14.5 Å². The van der Waals surface area contributed by atoms with Crippen LogP contribution in [0.2, 0.25) is 5.02 Å². The van der Waals surface area contributed by atoms with Crippen LogP contribution in [0.5, 0.6) is 5.75 Å².